The molecule has 0 spiro atoms. The number of primary amides is 1. The van der Waals surface area contributed by atoms with Crippen LogP contribution in [0.2, 0.25) is 0 Å². The fourth-order valence-electron chi connectivity index (χ4n) is 5.95. The molecule has 0 saturated heterocycles. The van der Waals surface area contributed by atoms with Crippen LogP contribution in [0.4, 0.5) is 10.5 Å². The number of nitrogens with one attached hydrogen (secondary N) is 2. The number of imide groups is 1. The number of ether oxygens (including phenoxy) is 11. The molecule has 0 aliphatic carbocycles. The second-order valence-corrected chi connectivity index (χ2v) is 15.0. The van der Waals surface area contributed by atoms with Gasteiger partial charge in [-0.3, -0.25) is 33.7 Å². The first-order valence-corrected chi connectivity index (χ1v) is 23.5. The Balaban J connectivity index is 0.982. The lowest BCUT2D eigenvalue weighted by atomic mass is 10.0. The molecule has 1 aromatic rings. The lowest BCUT2D eigenvalue weighted by Crippen LogP contribution is -2.41. The maximum absolute atomic E-state index is 13.4. The first kappa shape index (κ1) is 59.9. The first-order chi connectivity index (χ1) is 34.6. The van der Waals surface area contributed by atoms with Gasteiger partial charge in [-0.15, -0.1) is 0 Å². The van der Waals surface area contributed by atoms with Crippen molar-refractivity contribution in [2.24, 2.45) is 16.5 Å². The second-order valence-electron chi connectivity index (χ2n) is 15.0. The summed E-state index contributed by atoms with van der Waals surface area (Å²) in [6, 6.07) is 4.73. The van der Waals surface area contributed by atoms with Gasteiger partial charge >= 0.3 is 6.09 Å². The molecule has 0 fully saturated rings. The molecule has 6 amide bonds. The molecular formula is C46H71N7O18. The zero-order valence-corrected chi connectivity index (χ0v) is 40.6. The Morgan fingerprint density at radius 1 is 0.634 bits per heavy atom. The number of rotatable bonds is 43. The number of alkyl carbamates (subject to hydrolysis) is 1. The Hall–Kier alpha value is -5.45. The van der Waals surface area contributed by atoms with E-state index in [9.17, 15) is 28.8 Å². The average molecular weight is 1010 g/mol. The van der Waals surface area contributed by atoms with Crippen molar-refractivity contribution in [3.63, 3.8) is 0 Å². The van der Waals surface area contributed by atoms with Gasteiger partial charge in [-0.25, -0.2) is 14.9 Å². The van der Waals surface area contributed by atoms with Crippen LogP contribution in [0.15, 0.2) is 40.9 Å². The van der Waals surface area contributed by atoms with Gasteiger partial charge in [-0.1, -0.05) is 13.0 Å². The zero-order valence-electron chi connectivity index (χ0n) is 40.6. The summed E-state index contributed by atoms with van der Waals surface area (Å²) in [4.78, 5) is 82.6. The van der Waals surface area contributed by atoms with E-state index in [4.69, 9.17) is 68.4 Å². The van der Waals surface area contributed by atoms with Crippen molar-refractivity contribution in [3.8, 4) is 0 Å². The van der Waals surface area contributed by atoms with Crippen LogP contribution in [0, 0.1) is 0 Å². The SMILES string of the molecule is CCCN(OCCNC(=O)OCCOCCOCCOCCOCCOCCOCCOCCOCCOCCOCCNC(=O)CN1C(=O)C=CC1=O)C(=O)C1=Cc2ccc(C(N)=O)cc2N=C(N)C1. The van der Waals surface area contributed by atoms with Crippen molar-refractivity contribution in [3.05, 3.63) is 47.1 Å². The van der Waals surface area contributed by atoms with Gasteiger partial charge in [0.1, 0.15) is 19.0 Å². The van der Waals surface area contributed by atoms with Crippen molar-refractivity contribution in [1.82, 2.24) is 20.6 Å². The van der Waals surface area contributed by atoms with E-state index in [1.54, 1.807) is 18.2 Å². The highest BCUT2D eigenvalue weighted by atomic mass is 16.7. The van der Waals surface area contributed by atoms with Gasteiger partial charge in [0.15, 0.2) is 0 Å². The van der Waals surface area contributed by atoms with Crippen LogP contribution in [0.3, 0.4) is 0 Å². The summed E-state index contributed by atoms with van der Waals surface area (Å²) >= 11 is 0. The maximum atomic E-state index is 13.4. The Morgan fingerprint density at radius 3 is 1.55 bits per heavy atom. The molecule has 0 aromatic heterocycles. The molecule has 71 heavy (non-hydrogen) atoms. The minimum Gasteiger partial charge on any atom is -0.447 e. The van der Waals surface area contributed by atoms with Gasteiger partial charge < -0.3 is 74.2 Å². The van der Waals surface area contributed by atoms with Crippen molar-refractivity contribution < 1.29 is 85.7 Å². The van der Waals surface area contributed by atoms with Crippen molar-refractivity contribution in [2.45, 2.75) is 19.8 Å². The van der Waals surface area contributed by atoms with E-state index in [1.165, 1.54) is 11.1 Å². The van der Waals surface area contributed by atoms with Gasteiger partial charge in [0.2, 0.25) is 11.8 Å². The van der Waals surface area contributed by atoms with Gasteiger partial charge in [-0.05, 0) is 24.6 Å². The van der Waals surface area contributed by atoms with Gasteiger partial charge in [0, 0.05) is 54.9 Å². The van der Waals surface area contributed by atoms with E-state index < -0.39 is 35.6 Å². The van der Waals surface area contributed by atoms with E-state index in [0.717, 1.165) is 17.1 Å². The molecule has 398 valence electrons. The summed E-state index contributed by atoms with van der Waals surface area (Å²) in [6.07, 6.45) is 3.97. The largest absolute Gasteiger partial charge is 0.447 e. The average Bonchev–Trinajstić information content (AvgIpc) is 3.55. The normalized spacial score (nSPS) is 13.2. The number of amides is 6. The van der Waals surface area contributed by atoms with Gasteiger partial charge in [-0.2, -0.15) is 0 Å². The van der Waals surface area contributed by atoms with E-state index >= 15 is 0 Å². The molecule has 0 atom stereocenters. The minimum atomic E-state index is -0.654. The zero-order chi connectivity index (χ0) is 51.2. The van der Waals surface area contributed by atoms with Gasteiger partial charge in [0.05, 0.1) is 144 Å². The van der Waals surface area contributed by atoms with E-state index in [-0.39, 0.29) is 63.9 Å². The summed E-state index contributed by atoms with van der Waals surface area (Å²) in [7, 11) is 0. The third-order valence-electron chi connectivity index (χ3n) is 9.41. The Labute approximate surface area is 413 Å². The standard InChI is InChI=1S/C46H71N7O18/c1-2-9-53(45(58)38-32-36-3-4-37(44(48)57)33-39(36)51-40(47)34-38)71-11-8-50-46(59)70-31-30-69-29-28-68-27-26-67-25-24-66-23-22-65-21-20-64-19-18-63-17-16-62-15-14-61-13-12-60-10-7-49-41(54)35-52-42(55)5-6-43(52)56/h3-6,32-33H,2,7-31,34-35H2,1H3,(H2,47,51)(H2,48,57)(H,49,54)(H,50,59). The first-order valence-electron chi connectivity index (χ1n) is 23.5. The van der Waals surface area contributed by atoms with Crippen LogP contribution in [-0.4, -0.2) is 223 Å². The fraction of sp³-hybridized carbons (Fsp3) is 0.630. The fourth-order valence-corrected chi connectivity index (χ4v) is 5.95. The predicted molar refractivity (Wildman–Crippen MR) is 253 cm³/mol. The highest BCUT2D eigenvalue weighted by molar-refractivity contribution is 6.14. The molecule has 25 nitrogen and oxygen atoms in total. The monoisotopic (exact) mass is 1010 g/mol. The lowest BCUT2D eigenvalue weighted by molar-refractivity contribution is -0.181. The van der Waals surface area contributed by atoms with Crippen LogP contribution in [0.25, 0.3) is 6.08 Å². The van der Waals surface area contributed by atoms with Crippen LogP contribution >= 0.6 is 0 Å². The topological polar surface area (TPSA) is 308 Å². The second kappa shape index (κ2) is 38.3. The minimum absolute atomic E-state index is 0.0136. The van der Waals surface area contributed by atoms with Crippen molar-refractivity contribution in [2.75, 3.05) is 172 Å². The number of fused-ring (bicyclic) bond motifs is 1. The van der Waals surface area contributed by atoms with E-state index in [2.05, 4.69) is 15.6 Å². The van der Waals surface area contributed by atoms with Crippen LogP contribution in [0.1, 0.15) is 35.7 Å². The predicted octanol–water partition coefficient (Wildman–Crippen LogP) is -0.335. The lowest BCUT2D eigenvalue weighted by Gasteiger charge is -2.22. The highest BCUT2D eigenvalue weighted by Crippen LogP contribution is 2.28. The molecule has 2 aliphatic rings. The number of nitrogens with zero attached hydrogens (tertiary/aromatic N) is 3. The van der Waals surface area contributed by atoms with Crippen LogP contribution in [-0.2, 0) is 76.1 Å². The number of hydroxylamine groups is 2. The third kappa shape index (κ3) is 27.7. The summed E-state index contributed by atoms with van der Waals surface area (Å²) in [5.41, 5.74) is 13.1. The molecule has 0 radical (unpaired) electrons. The molecule has 2 aliphatic heterocycles. The molecular weight excluding hydrogens is 939 g/mol. The number of hydrogen-bond acceptors (Lipinski definition) is 20. The molecule has 6 N–H and O–H groups in total. The van der Waals surface area contributed by atoms with Gasteiger partial charge in [0.25, 0.3) is 17.7 Å². The Bertz CT molecular complexity index is 1830. The smallest absolute Gasteiger partial charge is 0.407 e. The third-order valence-corrected chi connectivity index (χ3v) is 9.41. The summed E-state index contributed by atoms with van der Waals surface area (Å²) < 4.78 is 59.7. The highest BCUT2D eigenvalue weighted by Gasteiger charge is 2.26. The Kier molecular flexibility index (Phi) is 32.3. The number of nitrogens with two attached hydrogens (primary N) is 2. The summed E-state index contributed by atoms with van der Waals surface area (Å²) in [6.45, 7) is 10.0. The Morgan fingerprint density at radius 2 is 1.08 bits per heavy atom. The molecule has 25 heteroatoms. The molecule has 3 rings (SSSR count). The van der Waals surface area contributed by atoms with Crippen molar-refractivity contribution in [1.29, 1.82) is 0 Å². The number of aliphatic imine (C=N–C) groups is 1. The summed E-state index contributed by atoms with van der Waals surface area (Å²) in [5, 5.41) is 6.38. The molecule has 0 saturated carbocycles. The number of amidine groups is 1. The van der Waals surface area contributed by atoms with Crippen LogP contribution in [0.5, 0.6) is 0 Å². The molecule has 1 aromatic carbocycles. The maximum Gasteiger partial charge on any atom is 0.407 e. The van der Waals surface area contributed by atoms with Crippen LogP contribution < -0.4 is 22.1 Å². The molecule has 0 unspecified atom stereocenters. The van der Waals surface area contributed by atoms with E-state index in [1.807, 2.05) is 6.92 Å². The number of hydrogen-bond donors (Lipinski definition) is 4. The quantitative estimate of drug-likeness (QED) is 0.0370. The molecule has 2 heterocycles. The van der Waals surface area contributed by atoms with E-state index in [0.29, 0.717) is 149 Å². The summed E-state index contributed by atoms with van der Waals surface area (Å²) in [5.74, 6) is -2.24. The number of carbonyl (C=O) groups is 6. The molecule has 0 bridgehead atoms. The van der Waals surface area contributed by atoms with Crippen molar-refractivity contribution >= 4 is 53.2 Å². The number of benzene rings is 1. The number of carbonyl (C=O) groups excluding carboxylic acids is 6.